The van der Waals surface area contributed by atoms with E-state index in [-0.39, 0.29) is 6.54 Å². The number of carbonyl (C=O) groups excluding carboxylic acids is 1. The summed E-state index contributed by atoms with van der Waals surface area (Å²) in [7, 11) is -5.01. The average molecular weight is 603 g/mol. The molecule has 2 bridgehead atoms. The molecule has 0 aliphatic carbocycles. The van der Waals surface area contributed by atoms with Crippen LogP contribution < -0.4 is 15.9 Å². The summed E-state index contributed by atoms with van der Waals surface area (Å²) in [6.45, 7) is 2.71. The summed E-state index contributed by atoms with van der Waals surface area (Å²) in [4.78, 5) is 13.3. The number of nitrogens with zero attached hydrogens (tertiary/aromatic N) is 4. The summed E-state index contributed by atoms with van der Waals surface area (Å²) in [5.74, 6) is 2.41. The molecule has 1 fully saturated rings. The Hall–Kier alpha value is -4.08. The molecular formula is C31H31N4O5PS. The minimum absolute atomic E-state index is 0.269. The molecule has 3 aromatic carbocycles. The molecule has 9 nitrogen and oxygen atoms in total. The fraction of sp³-hybridized carbons (Fsp3) is 0.161. The number of benzene rings is 3. The smallest absolute Gasteiger partial charge is 0.346 e. The second kappa shape index (κ2) is 12.4. The van der Waals surface area contributed by atoms with Gasteiger partial charge < -0.3 is 9.45 Å². The highest BCUT2D eigenvalue weighted by Crippen LogP contribution is 2.56. The van der Waals surface area contributed by atoms with Crippen LogP contribution in [0.25, 0.3) is 5.57 Å². The lowest BCUT2D eigenvalue weighted by Crippen LogP contribution is -2.36. The highest BCUT2D eigenvalue weighted by atomic mass is 32.3. The number of aryl methyl sites for hydroxylation is 1. The molecule has 0 N–H and O–H groups in total. The third-order valence-electron chi connectivity index (χ3n) is 7.18. The van der Waals surface area contributed by atoms with E-state index in [1.807, 2.05) is 0 Å². The Kier molecular flexibility index (Phi) is 8.70. The molecule has 6 rings (SSSR count). The molecule has 0 saturated carbocycles. The van der Waals surface area contributed by atoms with Crippen molar-refractivity contribution in [2.45, 2.75) is 13.0 Å². The Balaban J connectivity index is 0.000000169. The first-order chi connectivity index (χ1) is 20.2. The Bertz CT molecular complexity index is 1600. The third kappa shape index (κ3) is 5.93. The fourth-order valence-electron chi connectivity index (χ4n) is 5.39. The maximum Gasteiger partial charge on any atom is 0.346 e. The van der Waals surface area contributed by atoms with Crippen molar-refractivity contribution in [2.24, 2.45) is 7.05 Å². The van der Waals surface area contributed by atoms with Gasteiger partial charge in [-0.3, -0.25) is 4.68 Å². The number of allylic oxidation sites excluding steroid dienone is 1. The first kappa shape index (κ1) is 29.4. The van der Waals surface area contributed by atoms with Gasteiger partial charge in [0.25, 0.3) is 0 Å². The molecule has 1 unspecified atom stereocenters. The minimum Gasteiger partial charge on any atom is -0.724 e. The molecule has 4 aromatic rings. The molecule has 11 heteroatoms. The molecule has 0 spiro atoms. The molecular weight excluding hydrogens is 571 g/mol. The lowest BCUT2D eigenvalue weighted by Gasteiger charge is -2.25. The Morgan fingerprint density at radius 3 is 1.86 bits per heavy atom. The lowest BCUT2D eigenvalue weighted by molar-refractivity contribution is -0.0172. The Morgan fingerprint density at radius 1 is 0.905 bits per heavy atom. The van der Waals surface area contributed by atoms with Crippen molar-refractivity contribution in [2.75, 3.05) is 13.1 Å². The molecule has 216 valence electrons. The van der Waals surface area contributed by atoms with Crippen LogP contribution in [0.15, 0.2) is 121 Å². The van der Waals surface area contributed by atoms with Gasteiger partial charge in [-0.25, -0.2) is 13.2 Å². The highest BCUT2D eigenvalue weighted by Gasteiger charge is 2.45. The molecule has 1 atom stereocenters. The van der Waals surface area contributed by atoms with E-state index in [1.165, 1.54) is 20.8 Å². The Morgan fingerprint density at radius 2 is 1.43 bits per heavy atom. The van der Waals surface area contributed by atoms with Crippen LogP contribution in [-0.4, -0.2) is 57.9 Å². The molecule has 2 aliphatic heterocycles. The average Bonchev–Trinajstić information content (AvgIpc) is 3.53. The van der Waals surface area contributed by atoms with Crippen LogP contribution in [0.2, 0.25) is 0 Å². The van der Waals surface area contributed by atoms with E-state index in [0.29, 0.717) is 17.2 Å². The largest absolute Gasteiger partial charge is 0.724 e. The number of carbonyl (C=O) groups is 1. The lowest BCUT2D eigenvalue weighted by atomic mass is 10.0. The van der Waals surface area contributed by atoms with Crippen molar-refractivity contribution in [3.8, 4) is 0 Å². The van der Waals surface area contributed by atoms with Crippen LogP contribution in [0, 0.1) is 0 Å². The van der Waals surface area contributed by atoms with Crippen molar-refractivity contribution in [1.29, 1.82) is 0 Å². The summed E-state index contributed by atoms with van der Waals surface area (Å²) < 4.78 is 38.1. The van der Waals surface area contributed by atoms with Gasteiger partial charge in [-0.2, -0.15) is 14.4 Å². The van der Waals surface area contributed by atoms with E-state index in [2.05, 4.69) is 119 Å². The van der Waals surface area contributed by atoms with Gasteiger partial charge in [0, 0.05) is 25.4 Å². The van der Waals surface area contributed by atoms with Gasteiger partial charge in [-0.05, 0) is 49.4 Å². The standard InChI is InChI=1S/C21H20P.C10H12N4O5S/c1-2-18-22(19-12-6-3-7-13-19,20-14-8-4-9-15-20)21-16-10-5-11-17-21;1-12-8(2-4-11-12)7-3-5-13-6-9(7)14(10(13)15)19-20(16,17)18/h2-18H,1H3;2-4,9H,5-6H2,1H3,(H,16,17,18)/q+1;/p-1/b18-2-;. The molecule has 42 heavy (non-hydrogen) atoms. The first-order valence-corrected chi connectivity index (χ1v) is 16.5. The van der Waals surface area contributed by atoms with Crippen LogP contribution in [-0.2, 0) is 21.7 Å². The van der Waals surface area contributed by atoms with Gasteiger partial charge in [0.2, 0.25) is 10.4 Å². The molecule has 0 radical (unpaired) electrons. The van der Waals surface area contributed by atoms with Crippen LogP contribution in [0.4, 0.5) is 4.79 Å². The second-order valence-corrected chi connectivity index (χ2v) is 14.0. The third-order valence-corrected chi connectivity index (χ3v) is 11.6. The van der Waals surface area contributed by atoms with E-state index in [0.717, 1.165) is 5.69 Å². The van der Waals surface area contributed by atoms with E-state index < -0.39 is 29.7 Å². The van der Waals surface area contributed by atoms with Crippen LogP contribution in [0.3, 0.4) is 0 Å². The number of hydrogen-bond acceptors (Lipinski definition) is 6. The predicted octanol–water partition coefficient (Wildman–Crippen LogP) is 3.83. The number of fused-ring (bicyclic) bond motifs is 2. The van der Waals surface area contributed by atoms with Crippen LogP contribution in [0.1, 0.15) is 12.6 Å². The number of rotatable bonds is 7. The van der Waals surface area contributed by atoms with Gasteiger partial charge in [0.1, 0.15) is 29.2 Å². The molecule has 2 aliphatic rings. The van der Waals surface area contributed by atoms with Gasteiger partial charge in [0.05, 0.1) is 18.1 Å². The normalized spacial score (nSPS) is 16.8. The summed E-state index contributed by atoms with van der Waals surface area (Å²) in [5.41, 5.74) is 1.44. The zero-order chi connectivity index (χ0) is 29.7. The van der Waals surface area contributed by atoms with Gasteiger partial charge >= 0.3 is 6.03 Å². The van der Waals surface area contributed by atoms with E-state index in [9.17, 15) is 17.8 Å². The molecule has 1 saturated heterocycles. The van der Waals surface area contributed by atoms with Gasteiger partial charge in [0.15, 0.2) is 0 Å². The number of aromatic nitrogens is 2. The summed E-state index contributed by atoms with van der Waals surface area (Å²) >= 11 is 0. The monoisotopic (exact) mass is 602 g/mol. The summed E-state index contributed by atoms with van der Waals surface area (Å²) in [5, 5.41) is 8.83. The molecule has 1 aromatic heterocycles. The zero-order valence-electron chi connectivity index (χ0n) is 23.2. The number of hydrogen-bond donors (Lipinski definition) is 0. The fourth-order valence-corrected chi connectivity index (χ4v) is 9.54. The topological polar surface area (TPSA) is 108 Å². The van der Waals surface area contributed by atoms with Crippen molar-refractivity contribution < 1.29 is 22.0 Å². The summed E-state index contributed by atoms with van der Waals surface area (Å²) in [6, 6.07) is 33.1. The quantitative estimate of drug-likeness (QED) is 0.181. The number of hydroxylamine groups is 2. The predicted molar refractivity (Wildman–Crippen MR) is 165 cm³/mol. The van der Waals surface area contributed by atoms with Gasteiger partial charge in [-0.1, -0.05) is 66.7 Å². The maximum absolute atomic E-state index is 11.9. The van der Waals surface area contributed by atoms with Crippen molar-refractivity contribution in [3.05, 3.63) is 127 Å². The van der Waals surface area contributed by atoms with Gasteiger partial charge in [-0.15, -0.1) is 0 Å². The van der Waals surface area contributed by atoms with E-state index in [1.54, 1.807) is 30.1 Å². The first-order valence-electron chi connectivity index (χ1n) is 13.4. The van der Waals surface area contributed by atoms with E-state index >= 15 is 0 Å². The van der Waals surface area contributed by atoms with E-state index in [4.69, 9.17) is 0 Å². The highest BCUT2D eigenvalue weighted by molar-refractivity contribution is 7.98. The summed E-state index contributed by atoms with van der Waals surface area (Å²) in [6.07, 6.45) is 5.58. The number of amides is 2. The van der Waals surface area contributed by atoms with Crippen molar-refractivity contribution >= 4 is 45.2 Å². The molecule has 2 amide bonds. The minimum atomic E-state index is -5.00. The maximum atomic E-state index is 11.9. The van der Waals surface area contributed by atoms with Crippen LogP contribution in [0.5, 0.6) is 0 Å². The second-order valence-electron chi connectivity index (χ2n) is 9.72. The Labute approximate surface area is 246 Å². The van der Waals surface area contributed by atoms with Crippen LogP contribution >= 0.6 is 7.26 Å². The SMILES string of the molecule is C/C=C\[P+](c1ccccc1)(c1ccccc1)c1ccccc1.Cn1nccc1C1=CCN2CC1N(OS(=O)(=O)[O-])C2=O. The number of urea groups is 1. The van der Waals surface area contributed by atoms with Crippen molar-refractivity contribution in [1.82, 2.24) is 19.7 Å². The zero-order valence-corrected chi connectivity index (χ0v) is 24.9. The molecule has 3 heterocycles. The van der Waals surface area contributed by atoms with Crippen molar-refractivity contribution in [3.63, 3.8) is 0 Å².